The number of anilines is 2. The van der Waals surface area contributed by atoms with E-state index in [1.54, 1.807) is 0 Å². The van der Waals surface area contributed by atoms with Crippen LogP contribution in [0.15, 0.2) is 12.1 Å². The van der Waals surface area contributed by atoms with Crippen LogP contribution in [0.3, 0.4) is 0 Å². The van der Waals surface area contributed by atoms with Gasteiger partial charge in [0, 0.05) is 24.6 Å². The van der Waals surface area contributed by atoms with Crippen molar-refractivity contribution in [2.75, 3.05) is 34.9 Å². The van der Waals surface area contributed by atoms with E-state index in [0.29, 0.717) is 11.6 Å². The molecule has 2 rings (SSSR count). The van der Waals surface area contributed by atoms with Crippen LogP contribution >= 0.6 is 11.8 Å². The molecular formula is C9H13N5O2S. The number of nitro groups is 1. The first-order valence-electron chi connectivity index (χ1n) is 5.16. The third-order valence-electron chi connectivity index (χ3n) is 2.49. The van der Waals surface area contributed by atoms with Crippen molar-refractivity contribution in [2.45, 2.75) is 0 Å². The highest BCUT2D eigenvalue weighted by molar-refractivity contribution is 7.99. The zero-order valence-corrected chi connectivity index (χ0v) is 9.94. The lowest BCUT2D eigenvalue weighted by Gasteiger charge is -2.27. The van der Waals surface area contributed by atoms with Gasteiger partial charge in [-0.2, -0.15) is 11.8 Å². The molecule has 1 aliphatic heterocycles. The summed E-state index contributed by atoms with van der Waals surface area (Å²) >= 11 is 1.87. The van der Waals surface area contributed by atoms with Gasteiger partial charge in [0.15, 0.2) is 0 Å². The third-order valence-corrected chi connectivity index (χ3v) is 3.43. The van der Waals surface area contributed by atoms with Crippen LogP contribution in [-0.2, 0) is 0 Å². The van der Waals surface area contributed by atoms with E-state index in [1.807, 2.05) is 16.7 Å². The molecule has 92 valence electrons. The van der Waals surface area contributed by atoms with E-state index in [-0.39, 0.29) is 5.69 Å². The number of hydrogen-bond donors (Lipinski definition) is 2. The van der Waals surface area contributed by atoms with Gasteiger partial charge in [-0.05, 0) is 0 Å². The fourth-order valence-electron chi connectivity index (χ4n) is 1.64. The van der Waals surface area contributed by atoms with Crippen LogP contribution in [0.5, 0.6) is 0 Å². The van der Waals surface area contributed by atoms with Crippen molar-refractivity contribution in [3.8, 4) is 0 Å². The number of rotatable bonds is 3. The minimum absolute atomic E-state index is 0.00109. The molecular weight excluding hydrogens is 242 g/mol. The summed E-state index contributed by atoms with van der Waals surface area (Å²) in [5.41, 5.74) is 2.36. The van der Waals surface area contributed by atoms with E-state index in [4.69, 9.17) is 5.84 Å². The molecule has 0 radical (unpaired) electrons. The summed E-state index contributed by atoms with van der Waals surface area (Å²) < 4.78 is 0. The molecule has 7 nitrogen and oxygen atoms in total. The number of pyridine rings is 1. The van der Waals surface area contributed by atoms with E-state index >= 15 is 0 Å². The number of nitrogens with zero attached hydrogens (tertiary/aromatic N) is 3. The number of nitrogen functional groups attached to an aromatic ring is 1. The zero-order chi connectivity index (χ0) is 12.3. The van der Waals surface area contributed by atoms with Gasteiger partial charge >= 0.3 is 0 Å². The summed E-state index contributed by atoms with van der Waals surface area (Å²) in [6.07, 6.45) is 0. The average Bonchev–Trinajstić information content (AvgIpc) is 2.39. The monoisotopic (exact) mass is 255 g/mol. The molecule has 2 heterocycles. The van der Waals surface area contributed by atoms with Crippen LogP contribution in [0.4, 0.5) is 17.3 Å². The lowest BCUT2D eigenvalue weighted by atomic mass is 10.3. The van der Waals surface area contributed by atoms with Crippen molar-refractivity contribution in [3.63, 3.8) is 0 Å². The molecule has 1 saturated heterocycles. The molecule has 0 spiro atoms. The molecule has 0 bridgehead atoms. The van der Waals surface area contributed by atoms with Crippen LogP contribution in [0.1, 0.15) is 0 Å². The summed E-state index contributed by atoms with van der Waals surface area (Å²) in [5.74, 6) is 8.20. The van der Waals surface area contributed by atoms with Gasteiger partial charge in [-0.3, -0.25) is 10.1 Å². The number of hydrogen-bond acceptors (Lipinski definition) is 7. The quantitative estimate of drug-likeness (QED) is 0.469. The second-order valence-corrected chi connectivity index (χ2v) is 4.79. The van der Waals surface area contributed by atoms with Crippen LogP contribution in [0.2, 0.25) is 0 Å². The van der Waals surface area contributed by atoms with Crippen molar-refractivity contribution >= 4 is 29.1 Å². The fourth-order valence-corrected chi connectivity index (χ4v) is 2.54. The van der Waals surface area contributed by atoms with Crippen molar-refractivity contribution < 1.29 is 4.92 Å². The number of hydrazine groups is 1. The highest BCUT2D eigenvalue weighted by atomic mass is 32.2. The third kappa shape index (κ3) is 2.77. The van der Waals surface area contributed by atoms with Gasteiger partial charge in [-0.1, -0.05) is 0 Å². The molecule has 8 heteroatoms. The Balaban J connectivity index is 2.31. The number of aromatic nitrogens is 1. The summed E-state index contributed by atoms with van der Waals surface area (Å²) in [4.78, 5) is 16.6. The van der Waals surface area contributed by atoms with Crippen molar-refractivity contribution in [1.82, 2.24) is 4.98 Å². The summed E-state index contributed by atoms with van der Waals surface area (Å²) in [6, 6.07) is 2.80. The Kier molecular flexibility index (Phi) is 3.64. The van der Waals surface area contributed by atoms with Gasteiger partial charge in [0.05, 0.1) is 17.1 Å². The Morgan fingerprint density at radius 1 is 1.47 bits per heavy atom. The van der Waals surface area contributed by atoms with E-state index in [9.17, 15) is 10.1 Å². The Bertz CT molecular complexity index is 422. The van der Waals surface area contributed by atoms with Gasteiger partial charge in [-0.15, -0.1) is 0 Å². The largest absolute Gasteiger partial charge is 0.355 e. The first-order chi connectivity index (χ1) is 8.20. The summed E-state index contributed by atoms with van der Waals surface area (Å²) in [7, 11) is 0. The minimum Gasteiger partial charge on any atom is -0.355 e. The second-order valence-electron chi connectivity index (χ2n) is 3.57. The fraction of sp³-hybridized carbons (Fsp3) is 0.444. The standard InChI is InChI=1S/C9H13N5O2S/c10-12-8-5-7(14(15)16)6-9(11-8)13-1-3-17-4-2-13/h5-6H,1-4,10H2,(H,11,12). The SMILES string of the molecule is NNc1cc([N+](=O)[O-])cc(N2CCSCC2)n1. The van der Waals surface area contributed by atoms with Gasteiger partial charge in [0.25, 0.3) is 5.69 Å². The molecule has 0 aromatic carbocycles. The molecule has 17 heavy (non-hydrogen) atoms. The highest BCUT2D eigenvalue weighted by Crippen LogP contribution is 2.24. The van der Waals surface area contributed by atoms with Crippen molar-refractivity contribution in [1.29, 1.82) is 0 Å². The molecule has 3 N–H and O–H groups in total. The van der Waals surface area contributed by atoms with E-state index < -0.39 is 4.92 Å². The Hall–Kier alpha value is -1.54. The summed E-state index contributed by atoms with van der Waals surface area (Å²) in [5, 5.41) is 10.8. The van der Waals surface area contributed by atoms with Crippen LogP contribution < -0.4 is 16.2 Å². The van der Waals surface area contributed by atoms with E-state index in [1.165, 1.54) is 12.1 Å². The maximum Gasteiger partial charge on any atom is 0.276 e. The second kappa shape index (κ2) is 5.19. The molecule has 1 fully saturated rings. The highest BCUT2D eigenvalue weighted by Gasteiger charge is 2.17. The Morgan fingerprint density at radius 2 is 2.18 bits per heavy atom. The number of nitrogens with one attached hydrogen (secondary N) is 1. The van der Waals surface area contributed by atoms with Gasteiger partial charge < -0.3 is 10.3 Å². The summed E-state index contributed by atoms with van der Waals surface area (Å²) in [6.45, 7) is 1.70. The molecule has 0 saturated carbocycles. The van der Waals surface area contributed by atoms with Crippen LogP contribution in [-0.4, -0.2) is 34.5 Å². The molecule has 0 aliphatic carbocycles. The molecule has 0 unspecified atom stereocenters. The first-order valence-corrected chi connectivity index (χ1v) is 6.32. The molecule has 0 atom stereocenters. The molecule has 1 aromatic heterocycles. The van der Waals surface area contributed by atoms with Gasteiger partial charge in [0.2, 0.25) is 0 Å². The zero-order valence-electron chi connectivity index (χ0n) is 9.13. The Morgan fingerprint density at radius 3 is 2.76 bits per heavy atom. The van der Waals surface area contributed by atoms with E-state index in [2.05, 4.69) is 10.4 Å². The number of nitrogens with two attached hydrogens (primary N) is 1. The molecule has 0 amide bonds. The van der Waals surface area contributed by atoms with Crippen LogP contribution in [0.25, 0.3) is 0 Å². The topological polar surface area (TPSA) is 97.3 Å². The maximum atomic E-state index is 10.8. The van der Waals surface area contributed by atoms with E-state index in [0.717, 1.165) is 24.6 Å². The smallest absolute Gasteiger partial charge is 0.276 e. The normalized spacial score (nSPS) is 15.7. The van der Waals surface area contributed by atoms with Crippen molar-refractivity contribution in [3.05, 3.63) is 22.2 Å². The average molecular weight is 255 g/mol. The van der Waals surface area contributed by atoms with Crippen LogP contribution in [0, 0.1) is 10.1 Å². The minimum atomic E-state index is -0.440. The first kappa shape index (κ1) is 11.9. The lowest BCUT2D eigenvalue weighted by molar-refractivity contribution is -0.384. The lowest BCUT2D eigenvalue weighted by Crippen LogP contribution is -2.33. The maximum absolute atomic E-state index is 10.8. The predicted octanol–water partition coefficient (Wildman–Crippen LogP) is 0.829. The predicted molar refractivity (Wildman–Crippen MR) is 68.2 cm³/mol. The Labute approximate surface area is 103 Å². The van der Waals surface area contributed by atoms with Gasteiger partial charge in [-0.25, -0.2) is 10.8 Å². The molecule has 1 aliphatic rings. The van der Waals surface area contributed by atoms with Gasteiger partial charge in [0.1, 0.15) is 11.6 Å². The molecule has 1 aromatic rings. The number of thioether (sulfide) groups is 1. The van der Waals surface area contributed by atoms with Crippen molar-refractivity contribution in [2.24, 2.45) is 5.84 Å².